The number of H-pyrrole nitrogens is 2. The number of carbonyl (C=O) groups excluding carboxylic acids is 3. The third-order valence-electron chi connectivity index (χ3n) is 5.77. The zero-order valence-electron chi connectivity index (χ0n) is 21.7. The van der Waals surface area contributed by atoms with Crippen LogP contribution in [0.1, 0.15) is 42.6 Å². The van der Waals surface area contributed by atoms with Crippen LogP contribution in [0, 0.1) is 17.1 Å². The molecule has 1 heterocycles. The van der Waals surface area contributed by atoms with Crippen LogP contribution in [-0.2, 0) is 25.6 Å². The first-order valence-electron chi connectivity index (χ1n) is 12.4. The summed E-state index contributed by atoms with van der Waals surface area (Å²) in [6.45, 7) is 4.42. The molecular formula is C28H30N4O6S. The van der Waals surface area contributed by atoms with Gasteiger partial charge in [-0.3, -0.25) is 19.4 Å². The molecule has 0 fully saturated rings. The number of aromatic amines is 2. The molecule has 3 aromatic rings. The molecule has 11 heteroatoms. The molecule has 0 aliphatic heterocycles. The second-order valence-corrected chi connectivity index (χ2v) is 8.93. The normalized spacial score (nSPS) is 11.3. The average Bonchev–Trinajstić information content (AvgIpc) is 2.91. The van der Waals surface area contributed by atoms with Crippen LogP contribution < -0.4 is 15.8 Å². The minimum atomic E-state index is -0.996. The van der Waals surface area contributed by atoms with E-state index in [1.54, 1.807) is 50.2 Å². The Morgan fingerprint density at radius 3 is 2.46 bits per heavy atom. The molecule has 1 aromatic heterocycles. The summed E-state index contributed by atoms with van der Waals surface area (Å²) < 4.78 is 10.2. The van der Waals surface area contributed by atoms with Crippen molar-refractivity contribution >= 4 is 46.7 Å². The van der Waals surface area contributed by atoms with Crippen LogP contribution in [0.2, 0.25) is 0 Å². The Kier molecular flexibility index (Phi) is 10.4. The molecule has 204 valence electrons. The smallest absolute Gasteiger partial charge is 0.328 e. The lowest BCUT2D eigenvalue weighted by atomic mass is 10.1. The van der Waals surface area contributed by atoms with Gasteiger partial charge in [0.25, 0.3) is 11.5 Å². The first-order chi connectivity index (χ1) is 18.7. The number of terminal acetylenes is 1. The van der Waals surface area contributed by atoms with E-state index in [1.807, 2.05) is 11.0 Å². The Labute approximate surface area is 230 Å². The van der Waals surface area contributed by atoms with Crippen molar-refractivity contribution < 1.29 is 23.9 Å². The zero-order valence-corrected chi connectivity index (χ0v) is 22.6. The number of nitrogens with zero attached hydrogens (tertiary/aromatic N) is 1. The maximum atomic E-state index is 12.9. The van der Waals surface area contributed by atoms with Crippen LogP contribution in [0.4, 0.5) is 5.69 Å². The van der Waals surface area contributed by atoms with Gasteiger partial charge in [0.2, 0.25) is 0 Å². The van der Waals surface area contributed by atoms with Gasteiger partial charge in [-0.2, -0.15) is 0 Å². The summed E-state index contributed by atoms with van der Waals surface area (Å²) in [6.07, 6.45) is 5.62. The summed E-state index contributed by atoms with van der Waals surface area (Å²) in [7, 11) is 0. The second-order valence-electron chi connectivity index (χ2n) is 8.52. The molecule has 1 atom stereocenters. The number of benzene rings is 2. The Morgan fingerprint density at radius 1 is 1.08 bits per heavy atom. The molecule has 3 rings (SSSR count). The quantitative estimate of drug-likeness (QED) is 0.178. The highest BCUT2D eigenvalue weighted by Gasteiger charge is 2.24. The molecule has 0 unspecified atom stereocenters. The fourth-order valence-corrected chi connectivity index (χ4v) is 4.13. The zero-order chi connectivity index (χ0) is 28.4. The predicted molar refractivity (Wildman–Crippen MR) is 150 cm³/mol. The van der Waals surface area contributed by atoms with Gasteiger partial charge < -0.3 is 24.7 Å². The third kappa shape index (κ3) is 8.02. The summed E-state index contributed by atoms with van der Waals surface area (Å²) >= 11 is 5.03. The van der Waals surface area contributed by atoms with E-state index in [9.17, 15) is 19.2 Å². The van der Waals surface area contributed by atoms with Gasteiger partial charge in [0, 0.05) is 24.2 Å². The number of aromatic nitrogens is 2. The van der Waals surface area contributed by atoms with Crippen LogP contribution in [0.5, 0.6) is 0 Å². The number of hydrogen-bond acceptors (Lipinski definition) is 8. The van der Waals surface area contributed by atoms with Crippen molar-refractivity contribution in [2.24, 2.45) is 0 Å². The van der Waals surface area contributed by atoms with Gasteiger partial charge in [-0.25, -0.2) is 4.79 Å². The molecule has 10 nitrogen and oxygen atoms in total. The molecule has 39 heavy (non-hydrogen) atoms. The molecule has 0 spiro atoms. The van der Waals surface area contributed by atoms with E-state index >= 15 is 0 Å². The first-order valence-corrected chi connectivity index (χ1v) is 12.8. The number of amides is 1. The third-order valence-corrected chi connectivity index (χ3v) is 5.98. The van der Waals surface area contributed by atoms with Crippen molar-refractivity contribution in [2.75, 3.05) is 24.7 Å². The number of esters is 2. The number of nitrogens with one attached hydrogen (secondary N) is 3. The Morgan fingerprint density at radius 2 is 1.79 bits per heavy atom. The van der Waals surface area contributed by atoms with E-state index in [0.29, 0.717) is 23.0 Å². The highest BCUT2D eigenvalue weighted by atomic mass is 32.1. The summed E-state index contributed by atoms with van der Waals surface area (Å²) in [5.74, 6) is 1.06. The first kappa shape index (κ1) is 29.1. The van der Waals surface area contributed by atoms with Crippen molar-refractivity contribution in [1.29, 1.82) is 0 Å². The molecule has 0 bridgehead atoms. The van der Waals surface area contributed by atoms with Crippen LogP contribution >= 0.6 is 12.2 Å². The molecule has 0 saturated carbocycles. The summed E-state index contributed by atoms with van der Waals surface area (Å²) in [5.41, 5.74) is 2.29. The lowest BCUT2D eigenvalue weighted by Crippen LogP contribution is -2.42. The standard InChI is InChI=1S/C28H30N4O6S/c1-4-15-32(17-18-7-12-22-21(16-18)26(35)31-28(39)30-22)20-10-8-19(9-11-20)25(34)29-23(27(36)38-6-3)13-14-24(33)37-5-2/h1,7-12,16,23H,5-6,13-15,17H2,2-3H3,(H,29,34)(H2,30,31,35,39)/t23-/m1/s1. The van der Waals surface area contributed by atoms with Crippen LogP contribution in [-0.4, -0.2) is 53.6 Å². The minimum absolute atomic E-state index is 0.0370. The van der Waals surface area contributed by atoms with E-state index < -0.39 is 23.9 Å². The molecule has 0 aliphatic carbocycles. The van der Waals surface area contributed by atoms with Gasteiger partial charge >= 0.3 is 11.9 Å². The molecule has 3 N–H and O–H groups in total. The van der Waals surface area contributed by atoms with E-state index in [1.165, 1.54) is 0 Å². The van der Waals surface area contributed by atoms with E-state index in [2.05, 4.69) is 21.2 Å². The van der Waals surface area contributed by atoms with Crippen molar-refractivity contribution in [1.82, 2.24) is 15.3 Å². The Bertz CT molecular complexity index is 1490. The van der Waals surface area contributed by atoms with Crippen molar-refractivity contribution in [3.63, 3.8) is 0 Å². The molecule has 0 saturated heterocycles. The highest BCUT2D eigenvalue weighted by Crippen LogP contribution is 2.20. The van der Waals surface area contributed by atoms with Gasteiger partial charge in [-0.1, -0.05) is 12.0 Å². The average molecular weight is 551 g/mol. The number of anilines is 1. The molecule has 0 aliphatic rings. The van der Waals surface area contributed by atoms with Crippen LogP contribution in [0.15, 0.2) is 47.3 Å². The van der Waals surface area contributed by atoms with E-state index in [-0.39, 0.29) is 42.9 Å². The summed E-state index contributed by atoms with van der Waals surface area (Å²) in [6, 6.07) is 11.2. The maximum Gasteiger partial charge on any atom is 0.328 e. The number of fused-ring (bicyclic) bond motifs is 1. The number of rotatable bonds is 12. The molecular weight excluding hydrogens is 520 g/mol. The van der Waals surface area contributed by atoms with Gasteiger partial charge in [-0.05, 0) is 74.4 Å². The van der Waals surface area contributed by atoms with Gasteiger partial charge in [0.15, 0.2) is 4.77 Å². The Hall–Kier alpha value is -4.43. The summed E-state index contributed by atoms with van der Waals surface area (Å²) in [5, 5.41) is 3.12. The fraction of sp³-hybridized carbons (Fsp3) is 0.321. The fourth-order valence-electron chi connectivity index (χ4n) is 3.93. The van der Waals surface area contributed by atoms with Gasteiger partial charge in [0.1, 0.15) is 6.04 Å². The minimum Gasteiger partial charge on any atom is -0.466 e. The Balaban J connectivity index is 1.74. The SMILES string of the molecule is C#CCN(Cc1ccc2[nH]c(=S)[nH]c(=O)c2c1)c1ccc(C(=O)N[C@H](CCC(=O)OCC)C(=O)OCC)cc1. The van der Waals surface area contributed by atoms with Crippen molar-refractivity contribution in [3.8, 4) is 12.3 Å². The lowest BCUT2D eigenvalue weighted by molar-refractivity contribution is -0.146. The molecule has 2 aromatic carbocycles. The van der Waals surface area contributed by atoms with Gasteiger partial charge in [0.05, 0.1) is 30.7 Å². The predicted octanol–water partition coefficient (Wildman–Crippen LogP) is 3.23. The lowest BCUT2D eigenvalue weighted by Gasteiger charge is -2.23. The van der Waals surface area contributed by atoms with E-state index in [0.717, 1.165) is 11.3 Å². The second kappa shape index (κ2) is 13.9. The van der Waals surface area contributed by atoms with E-state index in [4.69, 9.17) is 28.1 Å². The van der Waals surface area contributed by atoms with Crippen molar-refractivity contribution in [3.05, 3.63) is 68.7 Å². The van der Waals surface area contributed by atoms with Crippen LogP contribution in [0.25, 0.3) is 10.9 Å². The topological polar surface area (TPSA) is 134 Å². The van der Waals surface area contributed by atoms with Crippen LogP contribution in [0.3, 0.4) is 0 Å². The largest absolute Gasteiger partial charge is 0.466 e. The number of ether oxygens (including phenoxy) is 2. The monoisotopic (exact) mass is 550 g/mol. The number of carbonyl (C=O) groups is 3. The number of hydrogen-bond donors (Lipinski definition) is 3. The molecule has 0 radical (unpaired) electrons. The van der Waals surface area contributed by atoms with Gasteiger partial charge in [-0.15, -0.1) is 6.42 Å². The highest BCUT2D eigenvalue weighted by molar-refractivity contribution is 7.71. The maximum absolute atomic E-state index is 12.9. The summed E-state index contributed by atoms with van der Waals surface area (Å²) in [4.78, 5) is 56.7. The van der Waals surface area contributed by atoms with Crippen molar-refractivity contribution in [2.45, 2.75) is 39.3 Å². The molecule has 1 amide bonds.